The summed E-state index contributed by atoms with van der Waals surface area (Å²) >= 11 is 0. The van der Waals surface area contributed by atoms with Crippen molar-refractivity contribution >= 4 is 0 Å². The van der Waals surface area contributed by atoms with Gasteiger partial charge in [0, 0.05) is 12.6 Å². The summed E-state index contributed by atoms with van der Waals surface area (Å²) in [6, 6.07) is 6.35. The number of benzene rings is 1. The Morgan fingerprint density at radius 2 is 1.95 bits per heavy atom. The Morgan fingerprint density at radius 1 is 1.24 bits per heavy atom. The molecule has 21 heavy (non-hydrogen) atoms. The van der Waals surface area contributed by atoms with E-state index in [0.29, 0.717) is 24.3 Å². The largest absolute Gasteiger partial charge is 0.491 e. The average molecular weight is 295 g/mol. The van der Waals surface area contributed by atoms with Gasteiger partial charge in [-0.15, -0.1) is 0 Å². The Kier molecular flexibility index (Phi) is 6.46. The van der Waals surface area contributed by atoms with E-state index in [-0.39, 0.29) is 12.4 Å². The molecule has 3 nitrogen and oxygen atoms in total. The summed E-state index contributed by atoms with van der Waals surface area (Å²) < 4.78 is 18.2. The molecule has 1 fully saturated rings. The molecule has 1 aliphatic rings. The molecule has 0 saturated heterocycles. The highest BCUT2D eigenvalue weighted by Gasteiger charge is 2.20. The van der Waals surface area contributed by atoms with Crippen molar-refractivity contribution in [2.75, 3.05) is 13.2 Å². The Balaban J connectivity index is 1.69. The number of aliphatic hydroxyl groups is 1. The van der Waals surface area contributed by atoms with Crippen molar-refractivity contribution in [2.45, 2.75) is 51.2 Å². The fourth-order valence-corrected chi connectivity index (χ4v) is 2.87. The molecule has 118 valence electrons. The zero-order valence-corrected chi connectivity index (χ0v) is 12.7. The van der Waals surface area contributed by atoms with E-state index in [4.69, 9.17) is 4.74 Å². The maximum absolute atomic E-state index is 12.8. The lowest BCUT2D eigenvalue weighted by Gasteiger charge is -2.24. The van der Waals surface area contributed by atoms with Crippen molar-refractivity contribution < 1.29 is 14.2 Å². The predicted molar refractivity (Wildman–Crippen MR) is 81.9 cm³/mol. The molecule has 3 atom stereocenters. The monoisotopic (exact) mass is 295 g/mol. The molecule has 0 aliphatic heterocycles. The summed E-state index contributed by atoms with van der Waals surface area (Å²) in [6.45, 7) is 3.04. The first-order valence-electron chi connectivity index (χ1n) is 7.95. The maximum Gasteiger partial charge on any atom is 0.123 e. The van der Waals surface area contributed by atoms with Crippen LogP contribution in [0.4, 0.5) is 4.39 Å². The first kappa shape index (κ1) is 16.2. The SMILES string of the molecule is CC1CCCCCC1NCC(O)COc1ccc(F)cc1. The molecule has 2 rings (SSSR count). The molecule has 0 heterocycles. The minimum Gasteiger partial charge on any atom is -0.491 e. The number of halogens is 1. The standard InChI is InChI=1S/C17H26FNO2/c1-13-5-3-2-4-6-17(13)19-11-15(20)12-21-16-9-7-14(18)8-10-16/h7-10,13,15,17,19-20H,2-6,11-12H2,1H3. The van der Waals surface area contributed by atoms with Gasteiger partial charge in [0.05, 0.1) is 0 Å². The number of hydrogen-bond donors (Lipinski definition) is 2. The lowest BCUT2D eigenvalue weighted by molar-refractivity contribution is 0.101. The Bertz CT molecular complexity index is 410. The van der Waals surface area contributed by atoms with Crippen LogP contribution in [0.2, 0.25) is 0 Å². The molecule has 0 radical (unpaired) electrons. The van der Waals surface area contributed by atoms with Crippen LogP contribution in [0.15, 0.2) is 24.3 Å². The van der Waals surface area contributed by atoms with Gasteiger partial charge in [-0.25, -0.2) is 4.39 Å². The summed E-state index contributed by atoms with van der Waals surface area (Å²) in [5.74, 6) is 0.961. The van der Waals surface area contributed by atoms with E-state index >= 15 is 0 Å². The van der Waals surface area contributed by atoms with Crippen molar-refractivity contribution in [3.05, 3.63) is 30.1 Å². The molecule has 0 spiro atoms. The van der Waals surface area contributed by atoms with Gasteiger partial charge in [0.15, 0.2) is 0 Å². The van der Waals surface area contributed by atoms with Gasteiger partial charge in [0.2, 0.25) is 0 Å². The Labute approximate surface area is 126 Å². The van der Waals surface area contributed by atoms with Crippen LogP contribution < -0.4 is 10.1 Å². The number of hydrogen-bond acceptors (Lipinski definition) is 3. The molecule has 0 amide bonds. The van der Waals surface area contributed by atoms with Crippen molar-refractivity contribution in [3.63, 3.8) is 0 Å². The van der Waals surface area contributed by atoms with Crippen molar-refractivity contribution in [3.8, 4) is 5.75 Å². The Morgan fingerprint density at radius 3 is 2.71 bits per heavy atom. The lowest BCUT2D eigenvalue weighted by atomic mass is 9.97. The summed E-state index contributed by atoms with van der Waals surface area (Å²) in [5.41, 5.74) is 0. The van der Waals surface area contributed by atoms with Crippen molar-refractivity contribution in [2.24, 2.45) is 5.92 Å². The van der Waals surface area contributed by atoms with Gasteiger partial charge in [0.1, 0.15) is 24.3 Å². The van der Waals surface area contributed by atoms with Crippen LogP contribution in [0.5, 0.6) is 5.75 Å². The van der Waals surface area contributed by atoms with Crippen LogP contribution in [-0.2, 0) is 0 Å². The van der Waals surface area contributed by atoms with E-state index in [2.05, 4.69) is 12.2 Å². The summed E-state index contributed by atoms with van der Waals surface area (Å²) in [5, 5.41) is 13.5. The minimum atomic E-state index is -0.550. The molecule has 0 bridgehead atoms. The van der Waals surface area contributed by atoms with Gasteiger partial charge in [0.25, 0.3) is 0 Å². The molecule has 1 aromatic rings. The topological polar surface area (TPSA) is 41.5 Å². The highest BCUT2D eigenvalue weighted by atomic mass is 19.1. The smallest absolute Gasteiger partial charge is 0.123 e. The van der Waals surface area contributed by atoms with Crippen LogP contribution in [0.25, 0.3) is 0 Å². The van der Waals surface area contributed by atoms with Crippen LogP contribution in [0.1, 0.15) is 39.0 Å². The quantitative estimate of drug-likeness (QED) is 0.792. The average Bonchev–Trinajstić information content (AvgIpc) is 2.69. The third kappa shape index (κ3) is 5.64. The van der Waals surface area contributed by atoms with E-state index in [9.17, 15) is 9.50 Å². The van der Waals surface area contributed by atoms with Gasteiger partial charge in [-0.1, -0.05) is 26.2 Å². The molecule has 1 saturated carbocycles. The second kappa shape index (κ2) is 8.35. The van der Waals surface area contributed by atoms with Crippen LogP contribution in [0, 0.1) is 11.7 Å². The zero-order chi connectivity index (χ0) is 15.1. The third-order valence-electron chi connectivity index (χ3n) is 4.23. The molecular formula is C17H26FNO2. The summed E-state index contributed by atoms with van der Waals surface area (Å²) in [6.07, 6.45) is 5.80. The summed E-state index contributed by atoms with van der Waals surface area (Å²) in [4.78, 5) is 0. The van der Waals surface area contributed by atoms with E-state index < -0.39 is 6.10 Å². The van der Waals surface area contributed by atoms with Gasteiger partial charge in [-0.3, -0.25) is 0 Å². The maximum atomic E-state index is 12.8. The minimum absolute atomic E-state index is 0.222. The highest BCUT2D eigenvalue weighted by Crippen LogP contribution is 2.22. The number of ether oxygens (including phenoxy) is 1. The molecular weight excluding hydrogens is 269 g/mol. The molecule has 3 unspecified atom stereocenters. The van der Waals surface area contributed by atoms with E-state index in [1.165, 1.54) is 44.2 Å². The van der Waals surface area contributed by atoms with Crippen LogP contribution in [-0.4, -0.2) is 30.4 Å². The predicted octanol–water partition coefficient (Wildman–Crippen LogP) is 3.12. The second-order valence-corrected chi connectivity index (χ2v) is 6.05. The van der Waals surface area contributed by atoms with Gasteiger partial charge in [-0.2, -0.15) is 0 Å². The zero-order valence-electron chi connectivity index (χ0n) is 12.7. The second-order valence-electron chi connectivity index (χ2n) is 6.05. The summed E-state index contributed by atoms with van der Waals surface area (Å²) in [7, 11) is 0. The fraction of sp³-hybridized carbons (Fsp3) is 0.647. The fourth-order valence-electron chi connectivity index (χ4n) is 2.87. The molecule has 4 heteroatoms. The number of nitrogens with one attached hydrogen (secondary N) is 1. The molecule has 1 aliphatic carbocycles. The first-order chi connectivity index (χ1) is 10.1. The lowest BCUT2D eigenvalue weighted by Crippen LogP contribution is -2.40. The van der Waals surface area contributed by atoms with Gasteiger partial charge < -0.3 is 15.2 Å². The number of rotatable bonds is 6. The third-order valence-corrected chi connectivity index (χ3v) is 4.23. The highest BCUT2D eigenvalue weighted by molar-refractivity contribution is 5.22. The van der Waals surface area contributed by atoms with Crippen LogP contribution >= 0.6 is 0 Å². The number of aliphatic hydroxyl groups excluding tert-OH is 1. The van der Waals surface area contributed by atoms with Crippen molar-refractivity contribution in [1.29, 1.82) is 0 Å². The Hall–Kier alpha value is -1.13. The van der Waals surface area contributed by atoms with Gasteiger partial charge in [-0.05, 0) is 43.0 Å². The molecule has 2 N–H and O–H groups in total. The van der Waals surface area contributed by atoms with E-state index in [1.54, 1.807) is 12.1 Å². The first-order valence-corrected chi connectivity index (χ1v) is 7.95. The van der Waals surface area contributed by atoms with Crippen LogP contribution in [0.3, 0.4) is 0 Å². The molecule has 0 aromatic heterocycles. The van der Waals surface area contributed by atoms with E-state index in [0.717, 1.165) is 0 Å². The van der Waals surface area contributed by atoms with Crippen molar-refractivity contribution in [1.82, 2.24) is 5.32 Å². The van der Waals surface area contributed by atoms with E-state index in [1.807, 2.05) is 0 Å². The molecule has 1 aromatic carbocycles. The normalized spacial score (nSPS) is 24.3. The van der Waals surface area contributed by atoms with Gasteiger partial charge >= 0.3 is 0 Å².